The van der Waals surface area contributed by atoms with E-state index in [0.29, 0.717) is 172 Å². The molecule has 0 aliphatic heterocycles. The van der Waals surface area contributed by atoms with Gasteiger partial charge in [-0.05, 0) is 5.53 Å². The van der Waals surface area contributed by atoms with Crippen LogP contribution in [0.4, 0.5) is 0 Å². The van der Waals surface area contributed by atoms with Crippen molar-refractivity contribution in [1.82, 2.24) is 0 Å². The van der Waals surface area contributed by atoms with Crippen LogP contribution in [0.25, 0.3) is 10.4 Å². The Labute approximate surface area is 260 Å². The largest absolute Gasteiger partial charge is 0.465 e. The van der Waals surface area contributed by atoms with E-state index in [9.17, 15) is 4.79 Å². The molecule has 0 heterocycles. The Bertz CT molecular complexity index is 606. The smallest absolute Gasteiger partial charge is 0.293 e. The van der Waals surface area contributed by atoms with Crippen LogP contribution < -0.4 is 0 Å². The zero-order chi connectivity index (χ0) is 31.7. The lowest BCUT2D eigenvalue weighted by molar-refractivity contribution is -0.130. The van der Waals surface area contributed by atoms with Crippen molar-refractivity contribution >= 4 is 6.47 Å². The molecule has 0 atom stereocenters. The van der Waals surface area contributed by atoms with Crippen LogP contribution in [0, 0.1) is 0 Å². The van der Waals surface area contributed by atoms with E-state index in [2.05, 4.69) is 14.8 Å². The molecular weight excluding hydrogens is 590 g/mol. The Kier molecular flexibility index (Phi) is 39.7. The van der Waals surface area contributed by atoms with Crippen LogP contribution >= 0.6 is 0 Å². The Morgan fingerprint density at radius 2 is 0.568 bits per heavy atom. The summed E-state index contributed by atoms with van der Waals surface area (Å²) in [5.41, 5.74) is 8.13. The third-order valence-corrected chi connectivity index (χ3v) is 4.90. The van der Waals surface area contributed by atoms with E-state index in [0.717, 1.165) is 0 Å². The molecule has 0 aromatic carbocycles. The first-order valence-corrected chi connectivity index (χ1v) is 14.9. The van der Waals surface area contributed by atoms with Gasteiger partial charge in [-0.3, -0.25) is 4.79 Å². The van der Waals surface area contributed by atoms with Gasteiger partial charge in [-0.15, -0.1) is 0 Å². The van der Waals surface area contributed by atoms with Gasteiger partial charge >= 0.3 is 0 Å². The van der Waals surface area contributed by atoms with E-state index >= 15 is 0 Å². The highest BCUT2D eigenvalue weighted by Gasteiger charge is 1.96. The van der Waals surface area contributed by atoms with Crippen LogP contribution in [0.3, 0.4) is 0 Å². The van der Waals surface area contributed by atoms with Crippen molar-refractivity contribution in [1.29, 1.82) is 0 Å². The molecule has 260 valence electrons. The zero-order valence-corrected chi connectivity index (χ0v) is 26.0. The summed E-state index contributed by atoms with van der Waals surface area (Å²) in [5, 5.41) is 3.37. The van der Waals surface area contributed by atoms with E-state index in [1.807, 2.05) is 0 Å². The molecule has 0 amide bonds. The summed E-state index contributed by atoms with van der Waals surface area (Å²) in [6.07, 6.45) is 0. The van der Waals surface area contributed by atoms with Gasteiger partial charge in [0.05, 0.1) is 159 Å². The highest BCUT2D eigenvalue weighted by atomic mass is 16.6. The van der Waals surface area contributed by atoms with Gasteiger partial charge in [0.25, 0.3) is 6.47 Å². The first-order valence-electron chi connectivity index (χ1n) is 14.9. The number of nitrogens with zero attached hydrogens (tertiary/aromatic N) is 3. The van der Waals surface area contributed by atoms with Crippen LogP contribution in [-0.2, 0) is 66.4 Å². The summed E-state index contributed by atoms with van der Waals surface area (Å²) < 4.78 is 69.1. The number of azide groups is 1. The highest BCUT2D eigenvalue weighted by molar-refractivity contribution is 5.36. The molecule has 17 nitrogen and oxygen atoms in total. The second kappa shape index (κ2) is 41.3. The van der Waals surface area contributed by atoms with E-state index in [-0.39, 0.29) is 6.61 Å². The van der Waals surface area contributed by atoms with Crippen molar-refractivity contribution in [3.63, 3.8) is 0 Å². The molecule has 0 aliphatic carbocycles. The van der Waals surface area contributed by atoms with Crippen LogP contribution in [0.1, 0.15) is 0 Å². The van der Waals surface area contributed by atoms with Gasteiger partial charge in [0.2, 0.25) is 0 Å². The monoisotopic (exact) mass is 643 g/mol. The van der Waals surface area contributed by atoms with E-state index < -0.39 is 0 Å². The van der Waals surface area contributed by atoms with Crippen molar-refractivity contribution in [3.8, 4) is 0 Å². The van der Waals surface area contributed by atoms with E-state index in [1.165, 1.54) is 0 Å². The van der Waals surface area contributed by atoms with Gasteiger partial charge in [-0.25, -0.2) is 0 Å². The van der Waals surface area contributed by atoms with Crippen LogP contribution in [0.15, 0.2) is 5.11 Å². The molecule has 0 aromatic rings. The normalized spacial score (nSPS) is 11.1. The Morgan fingerprint density at radius 1 is 0.364 bits per heavy atom. The van der Waals surface area contributed by atoms with E-state index in [4.69, 9.17) is 62.4 Å². The lowest BCUT2D eigenvalue weighted by Crippen LogP contribution is -2.15. The van der Waals surface area contributed by atoms with E-state index in [1.54, 1.807) is 0 Å². The molecule has 0 N–H and O–H groups in total. The molecule has 0 fully saturated rings. The molecule has 0 aliphatic rings. The summed E-state index contributed by atoms with van der Waals surface area (Å²) in [5.74, 6) is 0. The van der Waals surface area contributed by atoms with Gasteiger partial charge in [0, 0.05) is 11.5 Å². The third kappa shape index (κ3) is 40.3. The Hall–Kier alpha value is -1.70. The molecule has 0 rings (SSSR count). The van der Waals surface area contributed by atoms with Gasteiger partial charge in [0.15, 0.2) is 0 Å². The Balaban J connectivity index is 3.04. The van der Waals surface area contributed by atoms with Crippen molar-refractivity contribution < 1.29 is 66.4 Å². The molecule has 0 saturated carbocycles. The van der Waals surface area contributed by atoms with Crippen molar-refractivity contribution in [2.45, 2.75) is 0 Å². The van der Waals surface area contributed by atoms with Crippen molar-refractivity contribution in [2.75, 3.05) is 172 Å². The van der Waals surface area contributed by atoms with Crippen LogP contribution in [-0.4, -0.2) is 178 Å². The summed E-state index contributed by atoms with van der Waals surface area (Å²) in [6.45, 7) is 12.3. The fraction of sp³-hybridized carbons (Fsp3) is 0.963. The predicted molar refractivity (Wildman–Crippen MR) is 156 cm³/mol. The molecule has 0 radical (unpaired) electrons. The Morgan fingerprint density at radius 3 is 0.773 bits per heavy atom. The second-order valence-corrected chi connectivity index (χ2v) is 8.27. The van der Waals surface area contributed by atoms with Gasteiger partial charge in [-0.2, -0.15) is 0 Å². The molecule has 0 bridgehead atoms. The summed E-state index contributed by atoms with van der Waals surface area (Å²) in [7, 11) is 0. The van der Waals surface area contributed by atoms with Gasteiger partial charge in [0.1, 0.15) is 6.61 Å². The van der Waals surface area contributed by atoms with Gasteiger partial charge in [-0.1, -0.05) is 5.11 Å². The lowest BCUT2D eigenvalue weighted by Gasteiger charge is -2.09. The first kappa shape index (κ1) is 42.3. The van der Waals surface area contributed by atoms with Crippen molar-refractivity contribution in [2.24, 2.45) is 5.11 Å². The number of hydrogen-bond acceptors (Lipinski definition) is 15. The fourth-order valence-corrected chi connectivity index (χ4v) is 2.83. The van der Waals surface area contributed by atoms with Crippen molar-refractivity contribution in [3.05, 3.63) is 10.4 Å². The molecule has 44 heavy (non-hydrogen) atoms. The standard InChI is InChI=1S/C27H53N3O14/c28-30-29-1-2-32-3-4-33-5-6-34-7-8-35-9-10-36-11-12-37-13-14-38-15-16-39-17-18-40-19-20-41-21-22-42-23-24-43-25-26-44-27-31/h27H,1-26H2. The average Bonchev–Trinajstić information content (AvgIpc) is 3.04. The number of carbonyl (C=O) groups is 1. The number of carbonyl (C=O) groups excluding carboxylic acids is 1. The third-order valence-electron chi connectivity index (χ3n) is 4.90. The molecule has 0 unspecified atom stereocenters. The highest BCUT2D eigenvalue weighted by Crippen LogP contribution is 1.87. The van der Waals surface area contributed by atoms with Crippen LogP contribution in [0.2, 0.25) is 0 Å². The molecule has 0 aromatic heterocycles. The fourth-order valence-electron chi connectivity index (χ4n) is 2.83. The number of hydrogen-bond donors (Lipinski definition) is 0. The average molecular weight is 644 g/mol. The van der Waals surface area contributed by atoms with Crippen LogP contribution in [0.5, 0.6) is 0 Å². The summed E-state index contributed by atoms with van der Waals surface area (Å²) in [4.78, 5) is 12.6. The first-order chi connectivity index (χ1) is 21.9. The topological polar surface area (TPSA) is 186 Å². The molecule has 0 saturated heterocycles. The minimum atomic E-state index is 0.248. The number of rotatable bonds is 40. The summed E-state index contributed by atoms with van der Waals surface area (Å²) >= 11 is 0. The minimum absolute atomic E-state index is 0.248. The molecule has 17 heteroatoms. The number of ether oxygens (including phenoxy) is 13. The molecular formula is C27H53N3O14. The van der Waals surface area contributed by atoms with Gasteiger partial charge < -0.3 is 61.6 Å². The maximum Gasteiger partial charge on any atom is 0.293 e. The second-order valence-electron chi connectivity index (χ2n) is 8.27. The maximum atomic E-state index is 9.95. The predicted octanol–water partition coefficient (Wildman–Crippen LogP) is 0.669. The lowest BCUT2D eigenvalue weighted by atomic mass is 10.6. The summed E-state index contributed by atoms with van der Waals surface area (Å²) in [6, 6.07) is 0. The quantitative estimate of drug-likeness (QED) is 0.0298. The minimum Gasteiger partial charge on any atom is -0.465 e. The molecule has 0 spiro atoms. The zero-order valence-electron chi connectivity index (χ0n) is 26.0. The maximum absolute atomic E-state index is 9.95. The SMILES string of the molecule is [N-]=[N+]=NCCOCCOCCOCCOCCOCCOCCOCCOCCOCCOCCOCCOCCOC=O.